The number of aryl methyl sites for hydroxylation is 2. The zero-order valence-electron chi connectivity index (χ0n) is 18.6. The van der Waals surface area contributed by atoms with Crippen molar-refractivity contribution in [3.8, 4) is 0 Å². The van der Waals surface area contributed by atoms with Crippen molar-refractivity contribution in [3.05, 3.63) is 101 Å². The van der Waals surface area contributed by atoms with Crippen molar-refractivity contribution in [1.82, 2.24) is 5.43 Å². The fraction of sp³-hybridized carbons (Fsp3) is 0.259. The van der Waals surface area contributed by atoms with Crippen LogP contribution in [0.3, 0.4) is 0 Å². The van der Waals surface area contributed by atoms with Crippen LogP contribution in [-0.2, 0) is 10.2 Å². The maximum absolute atomic E-state index is 13.0. The molecule has 0 aliphatic heterocycles. The van der Waals surface area contributed by atoms with Crippen LogP contribution in [-0.4, -0.2) is 26.2 Å². The molecule has 0 heterocycles. The highest BCUT2D eigenvalue weighted by Gasteiger charge is 2.60. The van der Waals surface area contributed by atoms with E-state index in [9.17, 15) is 4.79 Å². The molecule has 158 valence electrons. The second kappa shape index (κ2) is 8.38. The Bertz CT molecular complexity index is 1070. The summed E-state index contributed by atoms with van der Waals surface area (Å²) in [5, 5.41) is 4.23. The van der Waals surface area contributed by atoms with E-state index in [2.05, 4.69) is 72.9 Å². The van der Waals surface area contributed by atoms with Crippen LogP contribution in [0, 0.1) is 19.8 Å². The van der Waals surface area contributed by atoms with E-state index in [4.69, 9.17) is 0 Å². The first kappa shape index (κ1) is 20.9. The molecule has 1 atom stereocenters. The SMILES string of the molecule is Cc1cccc(C2(c3cccc(C)c3)CC2C(=O)NN=Cc2ccc(N(C)C)cc2)c1. The quantitative estimate of drug-likeness (QED) is 0.467. The highest BCUT2D eigenvalue weighted by atomic mass is 16.2. The summed E-state index contributed by atoms with van der Waals surface area (Å²) in [7, 11) is 4.02. The van der Waals surface area contributed by atoms with Gasteiger partial charge in [-0.15, -0.1) is 0 Å². The van der Waals surface area contributed by atoms with E-state index in [-0.39, 0.29) is 17.2 Å². The lowest BCUT2D eigenvalue weighted by molar-refractivity contribution is -0.122. The van der Waals surface area contributed by atoms with Gasteiger partial charge in [0.05, 0.1) is 12.1 Å². The lowest BCUT2D eigenvalue weighted by atomic mass is 9.84. The van der Waals surface area contributed by atoms with E-state index in [1.54, 1.807) is 6.21 Å². The largest absolute Gasteiger partial charge is 0.378 e. The molecule has 1 aliphatic carbocycles. The second-order valence-corrected chi connectivity index (χ2v) is 8.69. The Morgan fingerprint density at radius 3 is 2.06 bits per heavy atom. The molecule has 1 amide bonds. The summed E-state index contributed by atoms with van der Waals surface area (Å²) >= 11 is 0. The minimum atomic E-state index is -0.287. The summed E-state index contributed by atoms with van der Waals surface area (Å²) in [6, 6.07) is 25.1. The number of carbonyl (C=O) groups excluding carboxylic acids is 1. The first-order valence-corrected chi connectivity index (χ1v) is 10.6. The molecule has 1 aliphatic rings. The second-order valence-electron chi connectivity index (χ2n) is 8.69. The van der Waals surface area contributed by atoms with E-state index in [1.165, 1.54) is 22.3 Å². The van der Waals surface area contributed by atoms with Crippen molar-refractivity contribution >= 4 is 17.8 Å². The molecule has 1 fully saturated rings. The predicted octanol–water partition coefficient (Wildman–Crippen LogP) is 4.83. The van der Waals surface area contributed by atoms with Gasteiger partial charge >= 0.3 is 0 Å². The molecule has 0 aromatic heterocycles. The van der Waals surface area contributed by atoms with Crippen LogP contribution in [0.1, 0.15) is 34.2 Å². The van der Waals surface area contributed by atoms with Crippen LogP contribution in [0.25, 0.3) is 0 Å². The molecule has 4 heteroatoms. The summed E-state index contributed by atoms with van der Waals surface area (Å²) in [5.74, 6) is -0.173. The molecular weight excluding hydrogens is 382 g/mol. The fourth-order valence-electron chi connectivity index (χ4n) is 4.34. The van der Waals surface area contributed by atoms with Crippen LogP contribution in [0.2, 0.25) is 0 Å². The molecule has 4 rings (SSSR count). The first-order chi connectivity index (χ1) is 14.9. The van der Waals surface area contributed by atoms with Gasteiger partial charge in [0.1, 0.15) is 0 Å². The molecule has 4 nitrogen and oxygen atoms in total. The Balaban J connectivity index is 1.53. The third-order valence-corrected chi connectivity index (χ3v) is 6.14. The average molecular weight is 412 g/mol. The number of nitrogens with zero attached hydrogens (tertiary/aromatic N) is 2. The Hall–Kier alpha value is -3.40. The van der Waals surface area contributed by atoms with Gasteiger partial charge in [-0.2, -0.15) is 5.10 Å². The number of anilines is 1. The molecule has 0 spiro atoms. The lowest BCUT2D eigenvalue weighted by Crippen LogP contribution is -2.25. The van der Waals surface area contributed by atoms with Crippen molar-refractivity contribution in [3.63, 3.8) is 0 Å². The normalized spacial score (nSPS) is 16.8. The molecule has 1 unspecified atom stereocenters. The maximum atomic E-state index is 13.0. The number of nitrogens with one attached hydrogen (secondary N) is 1. The Morgan fingerprint density at radius 1 is 0.968 bits per heavy atom. The molecule has 3 aromatic carbocycles. The van der Waals surface area contributed by atoms with Crippen LogP contribution >= 0.6 is 0 Å². The number of benzene rings is 3. The monoisotopic (exact) mass is 411 g/mol. The highest BCUT2D eigenvalue weighted by molar-refractivity contribution is 5.88. The van der Waals surface area contributed by atoms with Crippen molar-refractivity contribution in [2.45, 2.75) is 25.7 Å². The zero-order chi connectivity index (χ0) is 22.0. The van der Waals surface area contributed by atoms with Gasteiger partial charge in [0.25, 0.3) is 0 Å². The Kier molecular flexibility index (Phi) is 5.64. The molecule has 1 N–H and O–H groups in total. The minimum Gasteiger partial charge on any atom is -0.378 e. The average Bonchev–Trinajstić information content (AvgIpc) is 3.51. The Morgan fingerprint density at radius 2 is 1.55 bits per heavy atom. The molecule has 3 aromatic rings. The third-order valence-electron chi connectivity index (χ3n) is 6.14. The molecule has 0 radical (unpaired) electrons. The van der Waals surface area contributed by atoms with Crippen LogP contribution in [0.15, 0.2) is 77.9 Å². The van der Waals surface area contributed by atoms with Gasteiger partial charge in [0.2, 0.25) is 5.91 Å². The van der Waals surface area contributed by atoms with Crippen LogP contribution in [0.5, 0.6) is 0 Å². The summed E-state index contributed by atoms with van der Waals surface area (Å²) in [6.07, 6.45) is 2.49. The standard InChI is InChI=1S/C27H29N3O/c1-19-7-5-9-22(15-19)27(23-10-6-8-20(2)16-23)17-25(27)26(31)29-28-18-21-11-13-24(14-12-21)30(3)4/h5-16,18,25H,17H2,1-4H3,(H,29,31). The van der Waals surface area contributed by atoms with Crippen molar-refractivity contribution in [1.29, 1.82) is 0 Å². The predicted molar refractivity (Wildman–Crippen MR) is 128 cm³/mol. The van der Waals surface area contributed by atoms with E-state index < -0.39 is 0 Å². The number of hydrazone groups is 1. The lowest BCUT2D eigenvalue weighted by Gasteiger charge is -2.19. The maximum Gasteiger partial charge on any atom is 0.244 e. The highest BCUT2D eigenvalue weighted by Crippen LogP contribution is 2.59. The van der Waals surface area contributed by atoms with Gasteiger partial charge < -0.3 is 4.90 Å². The number of hydrogen-bond acceptors (Lipinski definition) is 3. The van der Waals surface area contributed by atoms with Crippen molar-refractivity contribution in [2.75, 3.05) is 19.0 Å². The molecular formula is C27H29N3O. The fourth-order valence-corrected chi connectivity index (χ4v) is 4.34. The Labute approximate surface area is 184 Å². The van der Waals surface area contributed by atoms with Crippen LogP contribution < -0.4 is 10.3 Å². The zero-order valence-corrected chi connectivity index (χ0v) is 18.6. The number of carbonyl (C=O) groups is 1. The van der Waals surface area contributed by atoms with Gasteiger partial charge in [-0.1, -0.05) is 71.8 Å². The van der Waals surface area contributed by atoms with E-state index in [0.29, 0.717) is 0 Å². The molecule has 1 saturated carbocycles. The van der Waals surface area contributed by atoms with Crippen LogP contribution in [0.4, 0.5) is 5.69 Å². The van der Waals surface area contributed by atoms with E-state index in [0.717, 1.165) is 17.7 Å². The summed E-state index contributed by atoms with van der Waals surface area (Å²) < 4.78 is 0. The van der Waals surface area contributed by atoms with Crippen molar-refractivity contribution < 1.29 is 4.79 Å². The van der Waals surface area contributed by atoms with Gasteiger partial charge in [-0.05, 0) is 49.1 Å². The van der Waals surface area contributed by atoms with E-state index in [1.807, 2.05) is 43.3 Å². The van der Waals surface area contributed by atoms with Gasteiger partial charge in [0.15, 0.2) is 0 Å². The smallest absolute Gasteiger partial charge is 0.244 e. The van der Waals surface area contributed by atoms with E-state index >= 15 is 0 Å². The van der Waals surface area contributed by atoms with Gasteiger partial charge in [-0.25, -0.2) is 5.43 Å². The molecule has 0 saturated heterocycles. The summed E-state index contributed by atoms with van der Waals surface area (Å²) in [4.78, 5) is 15.1. The first-order valence-electron chi connectivity index (χ1n) is 10.6. The molecule has 31 heavy (non-hydrogen) atoms. The number of hydrogen-bond donors (Lipinski definition) is 1. The summed E-state index contributed by atoms with van der Waals surface area (Å²) in [5.41, 5.74) is 9.36. The molecule has 0 bridgehead atoms. The number of amides is 1. The van der Waals surface area contributed by atoms with Crippen molar-refractivity contribution in [2.24, 2.45) is 11.0 Å². The minimum absolute atomic E-state index is 0.0378. The third kappa shape index (κ3) is 4.24. The number of rotatable bonds is 6. The van der Waals surface area contributed by atoms with Gasteiger partial charge in [-0.3, -0.25) is 4.79 Å². The summed E-state index contributed by atoms with van der Waals surface area (Å²) in [6.45, 7) is 4.19. The van der Waals surface area contributed by atoms with Gasteiger partial charge in [0, 0.05) is 25.2 Å². The topological polar surface area (TPSA) is 44.7 Å².